The number of carbonyl (C=O) groups excluding carboxylic acids is 1. The number of hydrogen-bond donors (Lipinski definition) is 2. The van der Waals surface area contributed by atoms with Crippen LogP contribution >= 0.6 is 0 Å². The fourth-order valence-corrected chi connectivity index (χ4v) is 3.05. The fraction of sp³-hybridized carbons (Fsp3) is 0.583. The van der Waals surface area contributed by atoms with Gasteiger partial charge in [0.05, 0.1) is 19.1 Å². The van der Waals surface area contributed by atoms with Crippen LogP contribution in [0, 0.1) is 0 Å². The van der Waals surface area contributed by atoms with Crippen LogP contribution in [-0.2, 0) is 16.6 Å². The van der Waals surface area contributed by atoms with Gasteiger partial charge >= 0.3 is 6.03 Å². The number of nitrogens with zero attached hydrogens (tertiary/aromatic N) is 1. The van der Waals surface area contributed by atoms with Crippen molar-refractivity contribution in [2.75, 3.05) is 19.3 Å². The molecule has 1 aromatic rings. The first kappa shape index (κ1) is 14.9. The number of carbonyl (C=O) groups is 1. The van der Waals surface area contributed by atoms with Crippen molar-refractivity contribution in [3.63, 3.8) is 0 Å². The lowest BCUT2D eigenvalue weighted by Crippen LogP contribution is -2.51. The van der Waals surface area contributed by atoms with E-state index in [0.29, 0.717) is 25.4 Å². The van der Waals surface area contributed by atoms with E-state index in [1.807, 2.05) is 0 Å². The number of urea groups is 1. The minimum absolute atomic E-state index is 0.207. The zero-order chi connectivity index (χ0) is 14.6. The lowest BCUT2D eigenvalue weighted by Gasteiger charge is -2.32. The number of likely N-dealkylation sites (tertiary alicyclic amines) is 1. The zero-order valence-corrected chi connectivity index (χ0v) is 12.1. The summed E-state index contributed by atoms with van der Waals surface area (Å²) in [6.45, 7) is 1.34. The van der Waals surface area contributed by atoms with E-state index in [1.165, 1.54) is 0 Å². The van der Waals surface area contributed by atoms with Crippen molar-refractivity contribution in [3.05, 3.63) is 24.2 Å². The van der Waals surface area contributed by atoms with E-state index < -0.39 is 10.0 Å². The van der Waals surface area contributed by atoms with Crippen LogP contribution in [0.25, 0.3) is 0 Å². The number of rotatable bonds is 4. The molecule has 0 radical (unpaired) electrons. The molecule has 1 atom stereocenters. The van der Waals surface area contributed by atoms with E-state index in [1.54, 1.807) is 23.3 Å². The van der Waals surface area contributed by atoms with Crippen molar-refractivity contribution in [1.82, 2.24) is 14.9 Å². The molecule has 1 aliphatic heterocycles. The van der Waals surface area contributed by atoms with Gasteiger partial charge in [0.1, 0.15) is 5.76 Å². The fourth-order valence-electron chi connectivity index (χ4n) is 2.25. The highest BCUT2D eigenvalue weighted by Crippen LogP contribution is 2.11. The first-order valence-electron chi connectivity index (χ1n) is 6.46. The molecular weight excluding hydrogens is 282 g/mol. The predicted molar refractivity (Wildman–Crippen MR) is 73.5 cm³/mol. The summed E-state index contributed by atoms with van der Waals surface area (Å²) in [4.78, 5) is 13.6. The van der Waals surface area contributed by atoms with Crippen LogP contribution in [0.3, 0.4) is 0 Å². The molecular formula is C12H19N3O4S. The van der Waals surface area contributed by atoms with E-state index in [2.05, 4.69) is 10.0 Å². The van der Waals surface area contributed by atoms with Crippen molar-refractivity contribution in [3.8, 4) is 0 Å². The molecule has 1 saturated heterocycles. The maximum atomic E-state index is 12.0. The van der Waals surface area contributed by atoms with E-state index in [-0.39, 0.29) is 12.1 Å². The van der Waals surface area contributed by atoms with Crippen molar-refractivity contribution in [2.24, 2.45) is 0 Å². The summed E-state index contributed by atoms with van der Waals surface area (Å²) in [7, 11) is -3.24. The molecule has 2 rings (SSSR count). The summed E-state index contributed by atoms with van der Waals surface area (Å²) in [5, 5.41) is 2.75. The van der Waals surface area contributed by atoms with Crippen molar-refractivity contribution >= 4 is 16.1 Å². The average molecular weight is 301 g/mol. The third kappa shape index (κ3) is 4.53. The molecule has 1 aliphatic rings. The lowest BCUT2D eigenvalue weighted by molar-refractivity contribution is 0.176. The Hall–Kier alpha value is -1.54. The molecule has 7 nitrogen and oxygen atoms in total. The van der Waals surface area contributed by atoms with Crippen molar-refractivity contribution in [2.45, 2.75) is 25.4 Å². The number of hydrogen-bond acceptors (Lipinski definition) is 4. The van der Waals surface area contributed by atoms with Crippen LogP contribution in [0.15, 0.2) is 22.8 Å². The van der Waals surface area contributed by atoms with Gasteiger partial charge in [0.2, 0.25) is 10.0 Å². The largest absolute Gasteiger partial charge is 0.467 e. The molecule has 0 aliphatic carbocycles. The smallest absolute Gasteiger partial charge is 0.317 e. The van der Waals surface area contributed by atoms with Gasteiger partial charge < -0.3 is 14.6 Å². The zero-order valence-electron chi connectivity index (χ0n) is 11.3. The summed E-state index contributed by atoms with van der Waals surface area (Å²) in [5.74, 6) is 0.682. The van der Waals surface area contributed by atoms with Gasteiger partial charge in [0.15, 0.2) is 0 Å². The molecule has 8 heteroatoms. The van der Waals surface area contributed by atoms with Gasteiger partial charge in [-0.15, -0.1) is 0 Å². The first-order valence-corrected chi connectivity index (χ1v) is 8.35. The number of piperidine rings is 1. The Morgan fingerprint density at radius 2 is 2.35 bits per heavy atom. The van der Waals surface area contributed by atoms with Gasteiger partial charge in [0.25, 0.3) is 0 Å². The number of sulfonamides is 1. The molecule has 0 aromatic carbocycles. The Bertz CT molecular complexity index is 541. The van der Waals surface area contributed by atoms with E-state index in [4.69, 9.17) is 4.42 Å². The van der Waals surface area contributed by atoms with Crippen molar-refractivity contribution in [1.29, 1.82) is 0 Å². The molecule has 112 valence electrons. The highest BCUT2D eigenvalue weighted by Gasteiger charge is 2.25. The Morgan fingerprint density at radius 1 is 1.55 bits per heavy atom. The molecule has 0 bridgehead atoms. The normalized spacial score (nSPS) is 19.9. The second kappa shape index (κ2) is 6.27. The minimum Gasteiger partial charge on any atom is -0.467 e. The number of furan rings is 1. The number of amides is 2. The summed E-state index contributed by atoms with van der Waals surface area (Å²) in [6.07, 6.45) is 4.20. The Morgan fingerprint density at radius 3 is 3.00 bits per heavy atom. The standard InChI is InChI=1S/C12H19N3O4S/c1-20(17,18)14-10-4-2-6-15(9-10)12(16)13-8-11-5-3-7-19-11/h3,5,7,10,14H,2,4,6,8-9H2,1H3,(H,13,16). The summed E-state index contributed by atoms with van der Waals surface area (Å²) in [5.41, 5.74) is 0. The van der Waals surface area contributed by atoms with Crippen LogP contribution in [0.1, 0.15) is 18.6 Å². The molecule has 2 heterocycles. The van der Waals surface area contributed by atoms with Crippen LogP contribution in [0.4, 0.5) is 4.79 Å². The maximum absolute atomic E-state index is 12.0. The van der Waals surface area contributed by atoms with Gasteiger partial charge in [-0.2, -0.15) is 0 Å². The third-order valence-corrected chi connectivity index (χ3v) is 3.84. The first-order chi connectivity index (χ1) is 9.44. The van der Waals surface area contributed by atoms with Gasteiger partial charge in [-0.3, -0.25) is 0 Å². The molecule has 0 spiro atoms. The second-order valence-electron chi connectivity index (χ2n) is 4.91. The van der Waals surface area contributed by atoms with Gasteiger partial charge in [-0.05, 0) is 25.0 Å². The quantitative estimate of drug-likeness (QED) is 0.847. The number of nitrogens with one attached hydrogen (secondary N) is 2. The van der Waals surface area contributed by atoms with Gasteiger partial charge in [0, 0.05) is 19.1 Å². The van der Waals surface area contributed by atoms with E-state index >= 15 is 0 Å². The molecule has 2 amide bonds. The molecule has 20 heavy (non-hydrogen) atoms. The average Bonchev–Trinajstić information content (AvgIpc) is 2.87. The Kier molecular flexibility index (Phi) is 4.66. The molecule has 0 saturated carbocycles. The molecule has 1 fully saturated rings. The molecule has 1 unspecified atom stereocenters. The molecule has 2 N–H and O–H groups in total. The van der Waals surface area contributed by atoms with Gasteiger partial charge in [-0.25, -0.2) is 17.9 Å². The maximum Gasteiger partial charge on any atom is 0.317 e. The SMILES string of the molecule is CS(=O)(=O)NC1CCCN(C(=O)NCc2ccco2)C1. The Balaban J connectivity index is 1.83. The van der Waals surface area contributed by atoms with Crippen molar-refractivity contribution < 1.29 is 17.6 Å². The highest BCUT2D eigenvalue weighted by molar-refractivity contribution is 7.88. The van der Waals surface area contributed by atoms with Gasteiger partial charge in [-0.1, -0.05) is 0 Å². The summed E-state index contributed by atoms with van der Waals surface area (Å²) < 4.78 is 30.1. The monoisotopic (exact) mass is 301 g/mol. The predicted octanol–water partition coefficient (Wildman–Crippen LogP) is 0.503. The highest BCUT2D eigenvalue weighted by atomic mass is 32.2. The van der Waals surface area contributed by atoms with Crippen LogP contribution in [0.5, 0.6) is 0 Å². The summed E-state index contributed by atoms with van der Waals surface area (Å²) >= 11 is 0. The minimum atomic E-state index is -3.24. The van der Waals surface area contributed by atoms with Crippen LogP contribution in [-0.4, -0.2) is 44.7 Å². The third-order valence-electron chi connectivity index (χ3n) is 3.08. The molecule has 1 aromatic heterocycles. The Labute approximate surface area is 118 Å². The summed E-state index contributed by atoms with van der Waals surface area (Å²) in [6, 6.07) is 3.12. The van der Waals surface area contributed by atoms with E-state index in [9.17, 15) is 13.2 Å². The topological polar surface area (TPSA) is 91.7 Å². The second-order valence-corrected chi connectivity index (χ2v) is 6.69. The van der Waals surface area contributed by atoms with E-state index in [0.717, 1.165) is 19.1 Å². The van der Waals surface area contributed by atoms with Crippen LogP contribution in [0.2, 0.25) is 0 Å². The lowest BCUT2D eigenvalue weighted by atomic mass is 10.1. The van der Waals surface area contributed by atoms with Crippen LogP contribution < -0.4 is 10.0 Å².